The molecule has 1 aliphatic heterocycles. The van der Waals surface area contributed by atoms with E-state index < -0.39 is 30.0 Å². The van der Waals surface area contributed by atoms with Gasteiger partial charge in [0, 0.05) is 7.14 Å². The summed E-state index contributed by atoms with van der Waals surface area (Å²) >= 11 is 5.69. The van der Waals surface area contributed by atoms with Crippen molar-refractivity contribution in [2.45, 2.75) is 9.79 Å². The van der Waals surface area contributed by atoms with Crippen LogP contribution in [0.5, 0.6) is 11.5 Å². The van der Waals surface area contributed by atoms with Crippen LogP contribution in [0, 0.1) is 10.7 Å². The molecular weight excluding hydrogens is 685 g/mol. The highest BCUT2D eigenvalue weighted by atomic mass is 127. The lowest BCUT2D eigenvalue weighted by atomic mass is 10.3. The third-order valence-corrected chi connectivity index (χ3v) is 11.0. The molecule has 1 aliphatic rings. The highest BCUT2D eigenvalue weighted by Gasteiger charge is 2.37. The molecule has 0 spiro atoms. The lowest BCUT2D eigenvalue weighted by Gasteiger charge is -2.20. The van der Waals surface area contributed by atoms with Gasteiger partial charge >= 0.3 is 20.2 Å². The summed E-state index contributed by atoms with van der Waals surface area (Å²) in [6.45, 7) is 0. The number of hydrogen-bond acceptors (Lipinski definition) is 6. The number of halogens is 3. The molecule has 3 rings (SSSR count). The Bertz CT molecular complexity index is 1030. The van der Waals surface area contributed by atoms with E-state index in [1.807, 2.05) is 45.2 Å². The molecule has 0 radical (unpaired) electrons. The summed E-state index contributed by atoms with van der Waals surface area (Å²) in [7, 11) is -8.65. The molecule has 23 heavy (non-hydrogen) atoms. The van der Waals surface area contributed by atoms with Crippen molar-refractivity contribution < 1.29 is 25.2 Å². The Kier molecular flexibility index (Phi) is 4.78. The zero-order valence-corrected chi connectivity index (χ0v) is 18.9. The maximum atomic E-state index is 12.6. The maximum Gasteiger partial charge on any atom is 0.341 e. The zero-order valence-electron chi connectivity index (χ0n) is 10.8. The van der Waals surface area contributed by atoms with E-state index in [-0.39, 0.29) is 15.1 Å². The molecule has 6 nitrogen and oxygen atoms in total. The van der Waals surface area contributed by atoms with Gasteiger partial charge in [0.25, 0.3) is 0 Å². The van der Waals surface area contributed by atoms with Gasteiger partial charge in [0.1, 0.15) is 9.79 Å². The van der Waals surface area contributed by atoms with Crippen LogP contribution in [0.3, 0.4) is 0 Å². The van der Waals surface area contributed by atoms with E-state index in [4.69, 9.17) is 8.37 Å². The standard InChI is InChI=1S/C12H5I3O6S2/c13-6-5-9-12(11(15)10(6)14)23(18,19)21-8-4-2-1-3-7(8)20-22(9,16)17/h1-5H. The molecule has 0 atom stereocenters. The van der Waals surface area contributed by atoms with Crippen LogP contribution in [0.1, 0.15) is 0 Å². The third kappa shape index (κ3) is 3.18. The van der Waals surface area contributed by atoms with Gasteiger partial charge in [-0.05, 0) is 86.0 Å². The molecule has 0 bridgehead atoms. The van der Waals surface area contributed by atoms with Crippen molar-refractivity contribution in [2.75, 3.05) is 0 Å². The highest BCUT2D eigenvalue weighted by Crippen LogP contribution is 2.40. The summed E-state index contributed by atoms with van der Waals surface area (Å²) in [6.07, 6.45) is 0. The summed E-state index contributed by atoms with van der Waals surface area (Å²) < 4.78 is 62.0. The molecule has 1 heterocycles. The van der Waals surface area contributed by atoms with Gasteiger partial charge < -0.3 is 8.37 Å². The van der Waals surface area contributed by atoms with E-state index in [1.54, 1.807) is 22.6 Å². The van der Waals surface area contributed by atoms with Crippen LogP contribution in [0.2, 0.25) is 0 Å². The average Bonchev–Trinajstić information content (AvgIpc) is 2.44. The predicted molar refractivity (Wildman–Crippen MR) is 107 cm³/mol. The lowest BCUT2D eigenvalue weighted by Crippen LogP contribution is -2.23. The summed E-state index contributed by atoms with van der Waals surface area (Å²) in [5.74, 6) is -0.351. The van der Waals surface area contributed by atoms with Gasteiger partial charge in [-0.15, -0.1) is 0 Å². The van der Waals surface area contributed by atoms with Gasteiger partial charge in [0.15, 0.2) is 11.5 Å². The number of para-hydroxylation sites is 2. The van der Waals surface area contributed by atoms with Crippen LogP contribution < -0.4 is 8.37 Å². The Balaban J connectivity index is 2.44. The van der Waals surface area contributed by atoms with Gasteiger partial charge in [-0.3, -0.25) is 0 Å². The van der Waals surface area contributed by atoms with Crippen molar-refractivity contribution in [1.82, 2.24) is 0 Å². The molecule has 0 N–H and O–H groups in total. The fourth-order valence-electron chi connectivity index (χ4n) is 1.89. The van der Waals surface area contributed by atoms with Crippen molar-refractivity contribution in [2.24, 2.45) is 0 Å². The first kappa shape index (κ1) is 17.9. The van der Waals surface area contributed by atoms with Crippen molar-refractivity contribution in [3.05, 3.63) is 41.0 Å². The van der Waals surface area contributed by atoms with E-state index in [2.05, 4.69) is 0 Å². The average molecular weight is 690 g/mol. The quantitative estimate of drug-likeness (QED) is 0.240. The van der Waals surface area contributed by atoms with Gasteiger partial charge in [0.2, 0.25) is 0 Å². The fraction of sp³-hybridized carbons (Fsp3) is 0. The second kappa shape index (κ2) is 6.14. The predicted octanol–water partition coefficient (Wildman–Crippen LogP) is 3.35. The van der Waals surface area contributed by atoms with E-state index in [9.17, 15) is 16.8 Å². The normalized spacial score (nSPS) is 17.7. The van der Waals surface area contributed by atoms with Crippen LogP contribution in [0.15, 0.2) is 40.1 Å². The highest BCUT2D eigenvalue weighted by molar-refractivity contribution is 14.1. The Morgan fingerprint density at radius 2 is 1.30 bits per heavy atom. The molecule has 0 aliphatic carbocycles. The van der Waals surface area contributed by atoms with Crippen LogP contribution in [-0.4, -0.2) is 16.8 Å². The minimum Gasteiger partial charge on any atom is -0.375 e. The molecule has 0 saturated heterocycles. The van der Waals surface area contributed by atoms with Crippen molar-refractivity contribution in [3.63, 3.8) is 0 Å². The molecule has 2 aromatic carbocycles. The second-order valence-corrected chi connectivity index (χ2v) is 10.7. The first-order valence-electron chi connectivity index (χ1n) is 5.79. The van der Waals surface area contributed by atoms with E-state index in [0.717, 1.165) is 0 Å². The smallest absolute Gasteiger partial charge is 0.341 e. The number of benzene rings is 2. The Morgan fingerprint density at radius 1 is 0.783 bits per heavy atom. The van der Waals surface area contributed by atoms with Crippen molar-refractivity contribution >= 4 is 88.0 Å². The summed E-state index contributed by atoms with van der Waals surface area (Å²) in [6, 6.07) is 6.97. The molecule has 122 valence electrons. The Labute approximate surface area is 173 Å². The second-order valence-electron chi connectivity index (χ2n) is 4.34. The minimum absolute atomic E-state index is 0.175. The SMILES string of the molecule is O=S1(=O)Oc2ccccc2OS(=O)(=O)c2c1cc(I)c(I)c2I. The van der Waals surface area contributed by atoms with Crippen LogP contribution >= 0.6 is 67.8 Å². The van der Waals surface area contributed by atoms with E-state index in [1.165, 1.54) is 30.3 Å². The number of hydrogen-bond donors (Lipinski definition) is 0. The molecule has 0 aromatic heterocycles. The van der Waals surface area contributed by atoms with E-state index >= 15 is 0 Å². The molecule has 0 fully saturated rings. The number of fused-ring (bicyclic) bond motifs is 2. The van der Waals surface area contributed by atoms with Gasteiger partial charge in [-0.25, -0.2) is 0 Å². The largest absolute Gasteiger partial charge is 0.375 e. The van der Waals surface area contributed by atoms with E-state index in [0.29, 0.717) is 7.14 Å². The molecule has 2 aromatic rings. The third-order valence-electron chi connectivity index (χ3n) is 2.85. The number of rotatable bonds is 0. The van der Waals surface area contributed by atoms with Crippen LogP contribution in [0.25, 0.3) is 0 Å². The van der Waals surface area contributed by atoms with Crippen LogP contribution in [0.4, 0.5) is 0 Å². The van der Waals surface area contributed by atoms with Gasteiger partial charge in [0.05, 0.1) is 3.57 Å². The Hall–Kier alpha value is 0.130. The van der Waals surface area contributed by atoms with Crippen LogP contribution in [-0.2, 0) is 20.2 Å². The molecule has 0 saturated carbocycles. The molecular formula is C12H5I3O6S2. The first-order chi connectivity index (χ1) is 10.6. The maximum absolute atomic E-state index is 12.6. The fourth-order valence-corrected chi connectivity index (χ4v) is 8.13. The summed E-state index contributed by atoms with van der Waals surface area (Å²) in [5.41, 5.74) is 0. The monoisotopic (exact) mass is 690 g/mol. The van der Waals surface area contributed by atoms with Gasteiger partial charge in [-0.2, -0.15) is 16.8 Å². The molecule has 0 amide bonds. The van der Waals surface area contributed by atoms with Gasteiger partial charge in [-0.1, -0.05) is 12.1 Å². The summed E-state index contributed by atoms with van der Waals surface area (Å²) in [4.78, 5) is -0.835. The summed E-state index contributed by atoms with van der Waals surface area (Å²) in [5, 5.41) is 0. The lowest BCUT2D eigenvalue weighted by molar-refractivity contribution is 0.436. The van der Waals surface area contributed by atoms with Crippen molar-refractivity contribution in [3.8, 4) is 11.5 Å². The van der Waals surface area contributed by atoms with Crippen molar-refractivity contribution in [1.29, 1.82) is 0 Å². The molecule has 0 unspecified atom stereocenters. The Morgan fingerprint density at radius 3 is 1.87 bits per heavy atom. The first-order valence-corrected chi connectivity index (χ1v) is 11.8. The topological polar surface area (TPSA) is 86.7 Å². The zero-order chi connectivity index (χ0) is 17.0. The minimum atomic E-state index is -4.33. The molecule has 11 heteroatoms.